The minimum Gasteiger partial charge on any atom is -0.488 e. The molecule has 1 saturated heterocycles. The minimum atomic E-state index is -2.48. The third-order valence-corrected chi connectivity index (χ3v) is 6.76. The van der Waals surface area contributed by atoms with E-state index in [0.29, 0.717) is 11.3 Å². The molecule has 3 rings (SSSR count). The molecule has 2 aromatic rings. The second-order valence-electron chi connectivity index (χ2n) is 7.20. The van der Waals surface area contributed by atoms with Crippen LogP contribution in [-0.2, 0) is 6.54 Å². The fraction of sp³-hybridized carbons (Fsp3) is 0.381. The summed E-state index contributed by atoms with van der Waals surface area (Å²) in [6, 6.07) is 16.5. The molecule has 2 N–H and O–H groups in total. The lowest BCUT2D eigenvalue weighted by molar-refractivity contribution is 0.0819. The molecule has 0 radical (unpaired) electrons. The number of halogens is 2. The third kappa shape index (κ3) is 6.15. The summed E-state index contributed by atoms with van der Waals surface area (Å²) in [5.74, 6) is 0.439. The molecule has 1 aliphatic rings. The number of ether oxygens (including phenoxy) is 1. The Kier molecular flexibility index (Phi) is 7.09. The Morgan fingerprint density at radius 2 is 2.07 bits per heavy atom. The first kappa shape index (κ1) is 21.5. The van der Waals surface area contributed by atoms with E-state index in [4.69, 9.17) is 10.00 Å². The molecule has 1 heterocycles. The van der Waals surface area contributed by atoms with Crippen LogP contribution in [0.15, 0.2) is 53.4 Å². The molecule has 2 aromatic carbocycles. The van der Waals surface area contributed by atoms with E-state index in [1.807, 2.05) is 18.2 Å². The smallest absolute Gasteiger partial charge is 0.272 e. The minimum absolute atomic E-state index is 0.152. The van der Waals surface area contributed by atoms with E-state index in [2.05, 4.69) is 15.7 Å². The highest BCUT2D eigenvalue weighted by atomic mass is 32.3. The van der Waals surface area contributed by atoms with Gasteiger partial charge in [-0.05, 0) is 42.3 Å². The van der Waals surface area contributed by atoms with Gasteiger partial charge >= 0.3 is 0 Å². The molecule has 0 aromatic heterocycles. The first-order chi connectivity index (χ1) is 13.9. The zero-order chi connectivity index (χ0) is 20.9. The molecular formula is C21H25F2N3O2S. The number of nitrogens with one attached hydrogen (secondary N) is 1. The van der Waals surface area contributed by atoms with Crippen molar-refractivity contribution < 1.29 is 18.1 Å². The van der Waals surface area contributed by atoms with Crippen molar-refractivity contribution in [3.05, 3.63) is 59.7 Å². The van der Waals surface area contributed by atoms with Crippen LogP contribution in [0, 0.1) is 11.3 Å². The highest BCUT2D eigenvalue weighted by molar-refractivity contribution is 8.27. The Bertz CT molecular complexity index is 856. The normalized spacial score (nSPS) is 20.2. The molecule has 8 heteroatoms. The van der Waals surface area contributed by atoms with Crippen LogP contribution in [0.1, 0.15) is 17.5 Å². The van der Waals surface area contributed by atoms with E-state index in [0.717, 1.165) is 36.5 Å². The molecule has 29 heavy (non-hydrogen) atoms. The van der Waals surface area contributed by atoms with E-state index in [1.165, 1.54) is 0 Å². The molecule has 1 aliphatic heterocycles. The van der Waals surface area contributed by atoms with Gasteiger partial charge in [0, 0.05) is 36.8 Å². The van der Waals surface area contributed by atoms with Crippen LogP contribution < -0.4 is 9.46 Å². The van der Waals surface area contributed by atoms with E-state index in [1.54, 1.807) is 36.6 Å². The van der Waals surface area contributed by atoms with Crippen LogP contribution in [0.25, 0.3) is 0 Å². The van der Waals surface area contributed by atoms with Gasteiger partial charge in [0.05, 0.1) is 11.6 Å². The number of benzene rings is 2. The Morgan fingerprint density at radius 3 is 2.76 bits per heavy atom. The van der Waals surface area contributed by atoms with Crippen molar-refractivity contribution in [3.8, 4) is 11.8 Å². The lowest BCUT2D eigenvalue weighted by atomic mass is 10.2. The summed E-state index contributed by atoms with van der Waals surface area (Å²) in [4.78, 5) is 3.03. The number of likely N-dealkylation sites (tertiary alicyclic amines) is 1. The second-order valence-corrected chi connectivity index (χ2v) is 9.66. The van der Waals surface area contributed by atoms with Gasteiger partial charge in [0.1, 0.15) is 12.4 Å². The maximum absolute atomic E-state index is 12.2. The highest BCUT2D eigenvalue weighted by Crippen LogP contribution is 2.45. The van der Waals surface area contributed by atoms with Crippen LogP contribution in [0.5, 0.6) is 5.75 Å². The maximum Gasteiger partial charge on any atom is 0.272 e. The molecule has 0 spiro atoms. The van der Waals surface area contributed by atoms with E-state index in [-0.39, 0.29) is 6.04 Å². The van der Waals surface area contributed by atoms with Crippen molar-refractivity contribution in [2.75, 3.05) is 26.0 Å². The lowest BCUT2D eigenvalue weighted by Gasteiger charge is -2.34. The van der Waals surface area contributed by atoms with Gasteiger partial charge in [0.2, 0.25) is 0 Å². The Labute approximate surface area is 171 Å². The summed E-state index contributed by atoms with van der Waals surface area (Å²) in [5.41, 5.74) is 1.61. The molecule has 0 saturated carbocycles. The largest absolute Gasteiger partial charge is 0.488 e. The number of rotatable bonds is 8. The lowest BCUT2D eigenvalue weighted by Crippen LogP contribution is -2.34. The molecule has 1 fully saturated rings. The molecular weight excluding hydrogens is 396 g/mol. The van der Waals surface area contributed by atoms with Crippen LogP contribution in [-0.4, -0.2) is 47.9 Å². The predicted octanol–water partition coefficient (Wildman–Crippen LogP) is 4.25. The molecule has 156 valence electrons. The van der Waals surface area contributed by atoms with Crippen molar-refractivity contribution in [1.29, 1.82) is 5.26 Å². The van der Waals surface area contributed by atoms with E-state index in [9.17, 15) is 13.3 Å². The highest BCUT2D eigenvalue weighted by Gasteiger charge is 2.28. The summed E-state index contributed by atoms with van der Waals surface area (Å²) >= 11 is 0. The van der Waals surface area contributed by atoms with Crippen LogP contribution in [0.4, 0.5) is 8.78 Å². The zero-order valence-electron chi connectivity index (χ0n) is 16.2. The summed E-state index contributed by atoms with van der Waals surface area (Å²) < 4.78 is 43.7. The van der Waals surface area contributed by atoms with Gasteiger partial charge in [-0.2, -0.15) is 5.26 Å². The summed E-state index contributed by atoms with van der Waals surface area (Å²) in [7, 11) is -2.20. The van der Waals surface area contributed by atoms with Gasteiger partial charge in [0.25, 0.3) is 6.43 Å². The monoisotopic (exact) mass is 421 g/mol. The average Bonchev–Trinajstić information content (AvgIpc) is 3.13. The van der Waals surface area contributed by atoms with E-state index < -0.39 is 23.5 Å². The van der Waals surface area contributed by atoms with Crippen LogP contribution >= 0.6 is 10.5 Å². The molecule has 0 bridgehead atoms. The number of nitriles is 1. The van der Waals surface area contributed by atoms with Crippen LogP contribution in [0.2, 0.25) is 0 Å². The van der Waals surface area contributed by atoms with Crippen molar-refractivity contribution in [2.24, 2.45) is 0 Å². The number of alkyl halides is 2. The van der Waals surface area contributed by atoms with E-state index >= 15 is 0 Å². The van der Waals surface area contributed by atoms with Gasteiger partial charge in [0.15, 0.2) is 0 Å². The van der Waals surface area contributed by atoms with Gasteiger partial charge in [-0.15, -0.1) is 0 Å². The fourth-order valence-corrected chi connectivity index (χ4v) is 5.06. The standard InChI is InChI=1S/C21H25F2N3O2S/c1-29(27,20-4-2-3-17(11-20)12-24)25-18-9-10-26(14-18)13-16-5-7-19(8-6-16)28-15-21(22)23/h2-8,11,18,21,25,27H,9-10,13-15H2,1H3. The van der Waals surface area contributed by atoms with Gasteiger partial charge in [-0.1, -0.05) is 28.7 Å². The number of hydrogen-bond donors (Lipinski definition) is 2. The van der Waals surface area contributed by atoms with Gasteiger partial charge in [-0.3, -0.25) is 9.62 Å². The summed E-state index contributed by atoms with van der Waals surface area (Å²) in [5, 5.41) is 9.07. The third-order valence-electron chi connectivity index (χ3n) is 4.80. The summed E-state index contributed by atoms with van der Waals surface area (Å²) in [6.45, 7) is 1.84. The first-order valence-corrected chi connectivity index (χ1v) is 11.4. The zero-order valence-corrected chi connectivity index (χ0v) is 17.0. The van der Waals surface area contributed by atoms with Gasteiger partial charge < -0.3 is 9.29 Å². The van der Waals surface area contributed by atoms with Crippen molar-refractivity contribution in [1.82, 2.24) is 9.62 Å². The Morgan fingerprint density at radius 1 is 1.31 bits per heavy atom. The molecule has 2 unspecified atom stereocenters. The SMILES string of the molecule is CS(O)(NC1CCN(Cc2ccc(OCC(F)F)cc2)C1)c1cccc(C#N)c1. The second kappa shape index (κ2) is 9.55. The average molecular weight is 422 g/mol. The molecule has 5 nitrogen and oxygen atoms in total. The first-order valence-electron chi connectivity index (χ1n) is 9.36. The molecule has 0 aliphatic carbocycles. The van der Waals surface area contributed by atoms with Gasteiger partial charge in [-0.25, -0.2) is 8.78 Å². The molecule has 2 atom stereocenters. The summed E-state index contributed by atoms with van der Waals surface area (Å²) in [6.07, 6.45) is 0.214. The Balaban J connectivity index is 1.52. The van der Waals surface area contributed by atoms with Crippen LogP contribution in [0.3, 0.4) is 0 Å². The van der Waals surface area contributed by atoms with Crippen molar-refractivity contribution in [2.45, 2.75) is 30.3 Å². The van der Waals surface area contributed by atoms with Crippen molar-refractivity contribution in [3.63, 3.8) is 0 Å². The number of nitrogens with zero attached hydrogens (tertiary/aromatic N) is 2. The fourth-order valence-electron chi connectivity index (χ4n) is 3.39. The predicted molar refractivity (Wildman–Crippen MR) is 110 cm³/mol. The number of hydrogen-bond acceptors (Lipinski definition) is 5. The Hall–Kier alpha value is -2.18. The maximum atomic E-state index is 12.2. The topological polar surface area (TPSA) is 68.5 Å². The van der Waals surface area contributed by atoms with Crippen molar-refractivity contribution >= 4 is 10.5 Å². The molecule has 0 amide bonds. The quantitative estimate of drug-likeness (QED) is 0.667.